The third kappa shape index (κ3) is 6.16. The van der Waals surface area contributed by atoms with Crippen LogP contribution in [0.5, 0.6) is 0 Å². The van der Waals surface area contributed by atoms with E-state index in [1.54, 1.807) is 18.2 Å². The minimum absolute atomic E-state index is 0.0505. The van der Waals surface area contributed by atoms with Crippen LogP contribution < -0.4 is 21.4 Å². The Balaban J connectivity index is 1.72. The van der Waals surface area contributed by atoms with Crippen molar-refractivity contribution in [3.05, 3.63) is 48.1 Å². The predicted octanol–water partition coefficient (Wildman–Crippen LogP) is 3.65. The van der Waals surface area contributed by atoms with Gasteiger partial charge in [0.15, 0.2) is 5.82 Å². The van der Waals surface area contributed by atoms with Gasteiger partial charge < -0.3 is 16.0 Å². The summed E-state index contributed by atoms with van der Waals surface area (Å²) in [7, 11) is 1.42. The zero-order valence-electron chi connectivity index (χ0n) is 17.2. The molecule has 10 heteroatoms. The number of benzene rings is 1. The minimum atomic E-state index is -0.324. The SMILES string of the molecule is C=CC(=O)Nc1ccccc1Nc1nc(N[C@@H]2CCC[C@H](C(=O)NOC)C2)ncc1Cl. The molecule has 0 unspecified atom stereocenters. The summed E-state index contributed by atoms with van der Waals surface area (Å²) in [4.78, 5) is 37.2. The monoisotopic (exact) mass is 444 g/mol. The largest absolute Gasteiger partial charge is 0.351 e. The van der Waals surface area contributed by atoms with Crippen molar-refractivity contribution >= 4 is 46.6 Å². The van der Waals surface area contributed by atoms with Gasteiger partial charge in [0.05, 0.1) is 24.7 Å². The van der Waals surface area contributed by atoms with Crippen LogP contribution in [0.3, 0.4) is 0 Å². The van der Waals surface area contributed by atoms with E-state index in [0.717, 1.165) is 19.3 Å². The van der Waals surface area contributed by atoms with Gasteiger partial charge in [0, 0.05) is 12.0 Å². The van der Waals surface area contributed by atoms with Crippen molar-refractivity contribution in [2.75, 3.05) is 23.1 Å². The Morgan fingerprint density at radius 3 is 2.77 bits per heavy atom. The Labute approximate surface area is 185 Å². The fourth-order valence-electron chi connectivity index (χ4n) is 3.46. The number of nitrogens with zero attached hydrogens (tertiary/aromatic N) is 2. The maximum Gasteiger partial charge on any atom is 0.247 e. The van der Waals surface area contributed by atoms with Crippen LogP contribution in [0.15, 0.2) is 43.1 Å². The maximum atomic E-state index is 12.1. The topological polar surface area (TPSA) is 117 Å². The van der Waals surface area contributed by atoms with E-state index < -0.39 is 0 Å². The number of hydrogen-bond donors (Lipinski definition) is 4. The lowest BCUT2D eigenvalue weighted by Gasteiger charge is -2.28. The van der Waals surface area contributed by atoms with Crippen molar-refractivity contribution in [1.29, 1.82) is 0 Å². The molecule has 0 spiro atoms. The van der Waals surface area contributed by atoms with E-state index in [-0.39, 0.29) is 23.8 Å². The molecular formula is C21H25ClN6O3. The molecule has 2 atom stereocenters. The van der Waals surface area contributed by atoms with Gasteiger partial charge in [-0.3, -0.25) is 14.4 Å². The molecule has 0 radical (unpaired) electrons. The Kier molecular flexibility index (Phi) is 7.80. The lowest BCUT2D eigenvalue weighted by atomic mass is 9.85. The average Bonchev–Trinajstić information content (AvgIpc) is 2.77. The molecule has 1 aliphatic rings. The number of hydrogen-bond acceptors (Lipinski definition) is 7. The number of para-hydroxylation sites is 2. The number of hydroxylamine groups is 1. The lowest BCUT2D eigenvalue weighted by Crippen LogP contribution is -2.37. The number of aromatic nitrogens is 2. The second kappa shape index (κ2) is 10.7. The van der Waals surface area contributed by atoms with Gasteiger partial charge in [-0.15, -0.1) is 0 Å². The van der Waals surface area contributed by atoms with Gasteiger partial charge in [0.2, 0.25) is 17.8 Å². The van der Waals surface area contributed by atoms with Crippen LogP contribution >= 0.6 is 11.6 Å². The van der Waals surface area contributed by atoms with Crippen molar-refractivity contribution in [1.82, 2.24) is 15.4 Å². The number of halogens is 1. The van der Waals surface area contributed by atoms with E-state index in [9.17, 15) is 9.59 Å². The highest BCUT2D eigenvalue weighted by Crippen LogP contribution is 2.30. The standard InChI is InChI=1S/C21H25ClN6O3/c1-3-18(29)25-16-9-4-5-10-17(16)26-19-15(22)12-23-21(27-19)24-14-8-6-7-13(11-14)20(30)28-31-2/h3-5,9-10,12-14H,1,6-8,11H2,2H3,(H,25,29)(H,28,30)(H2,23,24,26,27)/t13-,14+/m0/s1. The first kappa shape index (κ1) is 22.5. The van der Waals surface area contributed by atoms with E-state index in [1.165, 1.54) is 19.4 Å². The number of amides is 2. The molecule has 4 N–H and O–H groups in total. The van der Waals surface area contributed by atoms with Gasteiger partial charge in [-0.2, -0.15) is 4.98 Å². The van der Waals surface area contributed by atoms with Crippen molar-refractivity contribution in [3.63, 3.8) is 0 Å². The van der Waals surface area contributed by atoms with Crippen LogP contribution in [0.25, 0.3) is 0 Å². The molecule has 1 fully saturated rings. The van der Waals surface area contributed by atoms with Crippen molar-refractivity contribution in [3.8, 4) is 0 Å². The molecule has 3 rings (SSSR count). The summed E-state index contributed by atoms with van der Waals surface area (Å²) in [6, 6.07) is 7.23. The zero-order chi connectivity index (χ0) is 22.2. The van der Waals surface area contributed by atoms with E-state index in [2.05, 4.69) is 38.0 Å². The van der Waals surface area contributed by atoms with Gasteiger partial charge in [-0.25, -0.2) is 10.5 Å². The quantitative estimate of drug-likeness (QED) is 0.362. The summed E-state index contributed by atoms with van der Waals surface area (Å²) in [6.45, 7) is 3.46. The molecule has 31 heavy (non-hydrogen) atoms. The smallest absolute Gasteiger partial charge is 0.247 e. The summed E-state index contributed by atoms with van der Waals surface area (Å²) >= 11 is 6.29. The molecule has 1 aliphatic carbocycles. The van der Waals surface area contributed by atoms with E-state index in [4.69, 9.17) is 16.4 Å². The van der Waals surface area contributed by atoms with Crippen molar-refractivity contribution in [2.45, 2.75) is 31.7 Å². The number of rotatable bonds is 8. The molecule has 164 valence electrons. The number of carbonyl (C=O) groups is 2. The van der Waals surface area contributed by atoms with Crippen LogP contribution in [0.2, 0.25) is 5.02 Å². The molecule has 2 amide bonds. The molecule has 1 aromatic carbocycles. The second-order valence-electron chi connectivity index (χ2n) is 7.13. The summed E-state index contributed by atoms with van der Waals surface area (Å²) < 4.78 is 0. The summed E-state index contributed by atoms with van der Waals surface area (Å²) in [5.74, 6) is 0.221. The molecule has 1 heterocycles. The third-order valence-corrected chi connectivity index (χ3v) is 5.22. The van der Waals surface area contributed by atoms with Gasteiger partial charge in [-0.05, 0) is 37.5 Å². The second-order valence-corrected chi connectivity index (χ2v) is 7.54. The zero-order valence-corrected chi connectivity index (χ0v) is 17.9. The van der Waals surface area contributed by atoms with Crippen LogP contribution in [-0.4, -0.2) is 34.9 Å². The molecule has 2 aromatic rings. The molecule has 1 aromatic heterocycles. The Morgan fingerprint density at radius 1 is 1.26 bits per heavy atom. The van der Waals surface area contributed by atoms with E-state index in [1.807, 2.05) is 6.07 Å². The van der Waals surface area contributed by atoms with Gasteiger partial charge in [-0.1, -0.05) is 36.7 Å². The van der Waals surface area contributed by atoms with Gasteiger partial charge in [0.25, 0.3) is 0 Å². The minimum Gasteiger partial charge on any atom is -0.351 e. The van der Waals surface area contributed by atoms with Crippen LogP contribution in [-0.2, 0) is 14.4 Å². The first-order valence-corrected chi connectivity index (χ1v) is 10.3. The molecule has 0 bridgehead atoms. The normalized spacial score (nSPS) is 18.0. The first-order chi connectivity index (χ1) is 15.0. The molecule has 0 aliphatic heterocycles. The van der Waals surface area contributed by atoms with E-state index >= 15 is 0 Å². The molecule has 9 nitrogen and oxygen atoms in total. The first-order valence-electron chi connectivity index (χ1n) is 9.91. The predicted molar refractivity (Wildman–Crippen MR) is 120 cm³/mol. The van der Waals surface area contributed by atoms with Crippen molar-refractivity contribution < 1.29 is 14.4 Å². The molecule has 0 saturated heterocycles. The summed E-state index contributed by atoms with van der Waals surface area (Å²) in [6.07, 6.45) is 5.98. The fraction of sp³-hybridized carbons (Fsp3) is 0.333. The highest BCUT2D eigenvalue weighted by atomic mass is 35.5. The van der Waals surface area contributed by atoms with Crippen LogP contribution in [0.4, 0.5) is 23.1 Å². The summed E-state index contributed by atoms with van der Waals surface area (Å²) in [5.41, 5.74) is 3.59. The highest BCUT2D eigenvalue weighted by molar-refractivity contribution is 6.33. The average molecular weight is 445 g/mol. The van der Waals surface area contributed by atoms with Crippen LogP contribution in [0.1, 0.15) is 25.7 Å². The van der Waals surface area contributed by atoms with Crippen molar-refractivity contribution in [2.24, 2.45) is 5.92 Å². The van der Waals surface area contributed by atoms with Crippen LogP contribution in [0, 0.1) is 5.92 Å². The van der Waals surface area contributed by atoms with Gasteiger partial charge >= 0.3 is 0 Å². The number of carbonyl (C=O) groups excluding carboxylic acids is 2. The number of nitrogens with one attached hydrogen (secondary N) is 4. The fourth-order valence-corrected chi connectivity index (χ4v) is 3.60. The Hall–Kier alpha value is -3.17. The summed E-state index contributed by atoms with van der Waals surface area (Å²) in [5, 5.41) is 9.50. The molecule has 1 saturated carbocycles. The van der Waals surface area contributed by atoms with Gasteiger partial charge in [0.1, 0.15) is 5.02 Å². The maximum absolute atomic E-state index is 12.1. The number of anilines is 4. The Bertz CT molecular complexity index is 954. The molecular weight excluding hydrogens is 420 g/mol. The van der Waals surface area contributed by atoms with E-state index in [0.29, 0.717) is 34.6 Å². The lowest BCUT2D eigenvalue weighted by molar-refractivity contribution is -0.136. The highest BCUT2D eigenvalue weighted by Gasteiger charge is 2.27. The Morgan fingerprint density at radius 2 is 2.03 bits per heavy atom. The third-order valence-electron chi connectivity index (χ3n) is 4.95.